The van der Waals surface area contributed by atoms with E-state index in [1.807, 2.05) is 50.2 Å². The summed E-state index contributed by atoms with van der Waals surface area (Å²) in [5.41, 5.74) is 2.30. The topological polar surface area (TPSA) is 57.2 Å². The molecule has 2 aromatic carbocycles. The largest absolute Gasteiger partial charge is 0.451 e. The smallest absolute Gasteiger partial charge is 0.290 e. The van der Waals surface area contributed by atoms with E-state index in [0.29, 0.717) is 23.5 Å². The molecule has 1 aromatic heterocycles. The molecule has 1 amide bonds. The lowest BCUT2D eigenvalue weighted by molar-refractivity contribution is 0.0660. The molecule has 0 aliphatic heterocycles. The maximum atomic E-state index is 12.9. The molecular weight excluding hydrogens is 300 g/mol. The normalized spacial score (nSPS) is 10.8. The van der Waals surface area contributed by atoms with E-state index in [-0.39, 0.29) is 11.9 Å². The van der Waals surface area contributed by atoms with Gasteiger partial charge in [-0.2, -0.15) is 5.26 Å². The summed E-state index contributed by atoms with van der Waals surface area (Å²) >= 11 is 0. The third-order valence-corrected chi connectivity index (χ3v) is 3.96. The standard InChI is InChI=1S/C20H18N2O2/c1-14(2)22(13-16-9-7-15(12-21)8-10-16)20(23)19-11-17-5-3-4-6-18(17)24-19/h3-11,14H,13H2,1-2H3. The Hall–Kier alpha value is -3.06. The van der Waals surface area contributed by atoms with Crippen LogP contribution in [0, 0.1) is 11.3 Å². The minimum absolute atomic E-state index is 0.0290. The van der Waals surface area contributed by atoms with Crippen LogP contribution in [-0.4, -0.2) is 16.8 Å². The number of fused-ring (bicyclic) bond motifs is 1. The molecule has 0 bridgehead atoms. The molecule has 0 unspecified atom stereocenters. The molecule has 0 aliphatic carbocycles. The Morgan fingerprint density at radius 2 is 1.88 bits per heavy atom. The Morgan fingerprint density at radius 3 is 2.50 bits per heavy atom. The summed E-state index contributed by atoms with van der Waals surface area (Å²) in [6, 6.07) is 18.8. The minimum Gasteiger partial charge on any atom is -0.451 e. The molecule has 0 N–H and O–H groups in total. The van der Waals surface area contributed by atoms with Crippen molar-refractivity contribution in [3.8, 4) is 6.07 Å². The first-order valence-corrected chi connectivity index (χ1v) is 7.87. The second-order valence-corrected chi connectivity index (χ2v) is 5.98. The van der Waals surface area contributed by atoms with Gasteiger partial charge in [0.1, 0.15) is 5.58 Å². The van der Waals surface area contributed by atoms with Crippen LogP contribution in [-0.2, 0) is 6.54 Å². The quantitative estimate of drug-likeness (QED) is 0.718. The van der Waals surface area contributed by atoms with Gasteiger partial charge in [-0.1, -0.05) is 30.3 Å². The van der Waals surface area contributed by atoms with E-state index in [1.165, 1.54) is 0 Å². The highest BCUT2D eigenvalue weighted by molar-refractivity contribution is 5.96. The van der Waals surface area contributed by atoms with Crippen LogP contribution in [0.5, 0.6) is 0 Å². The van der Waals surface area contributed by atoms with Gasteiger partial charge in [0.2, 0.25) is 0 Å². The van der Waals surface area contributed by atoms with Crippen molar-refractivity contribution < 1.29 is 9.21 Å². The maximum Gasteiger partial charge on any atom is 0.290 e. The Morgan fingerprint density at radius 1 is 1.17 bits per heavy atom. The Kier molecular flexibility index (Phi) is 4.35. The van der Waals surface area contributed by atoms with Gasteiger partial charge in [0, 0.05) is 18.0 Å². The molecule has 4 heteroatoms. The zero-order valence-electron chi connectivity index (χ0n) is 13.7. The Bertz CT molecular complexity index is 868. The molecule has 0 saturated carbocycles. The lowest BCUT2D eigenvalue weighted by atomic mass is 10.1. The van der Waals surface area contributed by atoms with Crippen molar-refractivity contribution in [3.05, 3.63) is 71.5 Å². The van der Waals surface area contributed by atoms with E-state index in [2.05, 4.69) is 6.07 Å². The highest BCUT2D eigenvalue weighted by Gasteiger charge is 2.22. The van der Waals surface area contributed by atoms with Gasteiger partial charge in [-0.25, -0.2) is 0 Å². The summed E-state index contributed by atoms with van der Waals surface area (Å²) in [6.07, 6.45) is 0. The van der Waals surface area contributed by atoms with Crippen LogP contribution < -0.4 is 0 Å². The first kappa shape index (κ1) is 15.8. The van der Waals surface area contributed by atoms with Crippen LogP contribution in [0.25, 0.3) is 11.0 Å². The zero-order valence-corrected chi connectivity index (χ0v) is 13.7. The van der Waals surface area contributed by atoms with Crippen molar-refractivity contribution >= 4 is 16.9 Å². The van der Waals surface area contributed by atoms with E-state index in [9.17, 15) is 4.79 Å². The van der Waals surface area contributed by atoms with E-state index in [0.717, 1.165) is 10.9 Å². The van der Waals surface area contributed by atoms with Crippen LogP contribution in [0.4, 0.5) is 0 Å². The molecule has 4 nitrogen and oxygen atoms in total. The summed E-state index contributed by atoms with van der Waals surface area (Å²) in [4.78, 5) is 14.6. The average Bonchev–Trinajstić information content (AvgIpc) is 3.03. The molecule has 120 valence electrons. The summed E-state index contributed by atoms with van der Waals surface area (Å²) in [7, 11) is 0. The lowest BCUT2D eigenvalue weighted by Gasteiger charge is -2.26. The fourth-order valence-corrected chi connectivity index (χ4v) is 2.60. The number of furan rings is 1. The average molecular weight is 318 g/mol. The molecule has 24 heavy (non-hydrogen) atoms. The second kappa shape index (κ2) is 6.59. The Balaban J connectivity index is 1.86. The molecule has 0 fully saturated rings. The number of hydrogen-bond acceptors (Lipinski definition) is 3. The second-order valence-electron chi connectivity index (χ2n) is 5.98. The number of benzene rings is 2. The number of carbonyl (C=O) groups is 1. The molecule has 3 rings (SSSR count). The van der Waals surface area contributed by atoms with Gasteiger partial charge >= 0.3 is 0 Å². The molecule has 0 atom stereocenters. The molecule has 0 radical (unpaired) electrons. The maximum absolute atomic E-state index is 12.9. The van der Waals surface area contributed by atoms with Gasteiger partial charge in [-0.05, 0) is 43.7 Å². The predicted molar refractivity (Wildman–Crippen MR) is 92.4 cm³/mol. The fraction of sp³-hybridized carbons (Fsp3) is 0.200. The number of nitrogens with zero attached hydrogens (tertiary/aromatic N) is 2. The summed E-state index contributed by atoms with van der Waals surface area (Å²) < 4.78 is 5.70. The molecule has 0 aliphatic rings. The zero-order chi connectivity index (χ0) is 17.1. The summed E-state index contributed by atoms with van der Waals surface area (Å²) in [6.45, 7) is 4.42. The monoisotopic (exact) mass is 318 g/mol. The van der Waals surface area contributed by atoms with Gasteiger partial charge < -0.3 is 9.32 Å². The molecule has 0 spiro atoms. The number of hydrogen-bond donors (Lipinski definition) is 0. The van der Waals surface area contributed by atoms with Crippen molar-refractivity contribution in [1.82, 2.24) is 4.90 Å². The summed E-state index contributed by atoms with van der Waals surface area (Å²) in [5.74, 6) is 0.212. The third-order valence-electron chi connectivity index (χ3n) is 3.96. The van der Waals surface area contributed by atoms with Gasteiger partial charge in [0.25, 0.3) is 5.91 Å². The van der Waals surface area contributed by atoms with Crippen LogP contribution in [0.3, 0.4) is 0 Å². The van der Waals surface area contributed by atoms with Gasteiger partial charge in [-0.15, -0.1) is 0 Å². The lowest BCUT2D eigenvalue weighted by Crippen LogP contribution is -2.36. The SMILES string of the molecule is CC(C)N(Cc1ccc(C#N)cc1)C(=O)c1cc2ccccc2o1. The van der Waals surface area contributed by atoms with Crippen molar-refractivity contribution in [2.45, 2.75) is 26.4 Å². The first-order valence-electron chi connectivity index (χ1n) is 7.87. The number of carbonyl (C=O) groups excluding carboxylic acids is 1. The number of rotatable bonds is 4. The number of amides is 1. The van der Waals surface area contributed by atoms with Crippen LogP contribution in [0.2, 0.25) is 0 Å². The van der Waals surface area contributed by atoms with Crippen molar-refractivity contribution in [1.29, 1.82) is 5.26 Å². The fourth-order valence-electron chi connectivity index (χ4n) is 2.60. The van der Waals surface area contributed by atoms with Crippen molar-refractivity contribution in [2.24, 2.45) is 0 Å². The number of nitriles is 1. The van der Waals surface area contributed by atoms with Crippen LogP contribution >= 0.6 is 0 Å². The van der Waals surface area contributed by atoms with E-state index >= 15 is 0 Å². The van der Waals surface area contributed by atoms with E-state index in [4.69, 9.17) is 9.68 Å². The minimum atomic E-state index is -0.134. The van der Waals surface area contributed by atoms with E-state index in [1.54, 1.807) is 23.1 Å². The molecule has 3 aromatic rings. The predicted octanol–water partition coefficient (Wildman–Crippen LogP) is 4.36. The van der Waals surface area contributed by atoms with Crippen LogP contribution in [0.15, 0.2) is 59.0 Å². The number of para-hydroxylation sites is 1. The first-order chi connectivity index (χ1) is 11.6. The molecular formula is C20H18N2O2. The van der Waals surface area contributed by atoms with Crippen molar-refractivity contribution in [3.63, 3.8) is 0 Å². The van der Waals surface area contributed by atoms with Gasteiger partial charge in [-0.3, -0.25) is 4.79 Å². The highest BCUT2D eigenvalue weighted by Crippen LogP contribution is 2.22. The third kappa shape index (κ3) is 3.16. The Labute approximate surface area is 140 Å². The van der Waals surface area contributed by atoms with Crippen molar-refractivity contribution in [2.75, 3.05) is 0 Å². The molecule has 1 heterocycles. The van der Waals surface area contributed by atoms with Crippen LogP contribution in [0.1, 0.15) is 35.5 Å². The highest BCUT2D eigenvalue weighted by atomic mass is 16.3. The molecule has 0 saturated heterocycles. The van der Waals surface area contributed by atoms with E-state index < -0.39 is 0 Å². The van der Waals surface area contributed by atoms with Gasteiger partial charge in [0.15, 0.2) is 5.76 Å². The van der Waals surface area contributed by atoms with Gasteiger partial charge in [0.05, 0.1) is 11.6 Å². The summed E-state index contributed by atoms with van der Waals surface area (Å²) in [5, 5.41) is 9.80.